The summed E-state index contributed by atoms with van der Waals surface area (Å²) < 4.78 is 5.21. The van der Waals surface area contributed by atoms with Gasteiger partial charge in [0.15, 0.2) is 5.76 Å². The van der Waals surface area contributed by atoms with Crippen molar-refractivity contribution in [2.75, 3.05) is 0 Å². The lowest BCUT2D eigenvalue weighted by atomic mass is 10.1. The normalized spacial score (nSPS) is 11.0. The smallest absolute Gasteiger partial charge is 0.227 e. The van der Waals surface area contributed by atoms with Crippen molar-refractivity contribution in [3.8, 4) is 17.4 Å². The van der Waals surface area contributed by atoms with E-state index in [4.69, 9.17) is 21.4 Å². The Morgan fingerprint density at radius 1 is 1.43 bits per heavy atom. The second kappa shape index (κ2) is 5.98. The monoisotopic (exact) mass is 303 g/mol. The summed E-state index contributed by atoms with van der Waals surface area (Å²) in [4.78, 5) is 11.8. The zero-order chi connectivity index (χ0) is 15.5. The molecule has 6 heteroatoms. The first-order valence-corrected chi connectivity index (χ1v) is 6.71. The van der Waals surface area contributed by atoms with Gasteiger partial charge in [-0.05, 0) is 38.1 Å². The van der Waals surface area contributed by atoms with Crippen LogP contribution in [-0.4, -0.2) is 16.6 Å². The van der Waals surface area contributed by atoms with Crippen LogP contribution in [0.15, 0.2) is 34.9 Å². The minimum absolute atomic E-state index is 0.0577. The van der Waals surface area contributed by atoms with Gasteiger partial charge in [-0.15, -0.1) is 0 Å². The molecule has 2 rings (SSSR count). The summed E-state index contributed by atoms with van der Waals surface area (Å²) in [6.45, 7) is 3.26. The van der Waals surface area contributed by atoms with Crippen LogP contribution in [0.1, 0.15) is 19.5 Å². The number of hydrogen-bond donors (Lipinski definition) is 1. The number of hydrogen-bond acceptors (Lipinski definition) is 4. The predicted molar refractivity (Wildman–Crippen MR) is 78.5 cm³/mol. The van der Waals surface area contributed by atoms with Crippen molar-refractivity contribution < 1.29 is 9.32 Å². The molecule has 0 bridgehead atoms. The second-order valence-corrected chi connectivity index (χ2v) is 5.59. The van der Waals surface area contributed by atoms with Crippen molar-refractivity contribution in [1.82, 2.24) is 10.5 Å². The molecule has 0 spiro atoms. The second-order valence-electron chi connectivity index (χ2n) is 5.15. The number of benzene rings is 1. The lowest BCUT2D eigenvalue weighted by molar-refractivity contribution is -0.121. The largest absolute Gasteiger partial charge is 0.356 e. The van der Waals surface area contributed by atoms with Crippen LogP contribution in [0.4, 0.5) is 0 Å². The first-order chi connectivity index (χ1) is 9.89. The number of aromatic nitrogens is 1. The molecule has 0 fully saturated rings. The number of nitrogens with one attached hydrogen (secondary N) is 1. The van der Waals surface area contributed by atoms with Gasteiger partial charge in [0.1, 0.15) is 5.54 Å². The van der Waals surface area contributed by atoms with Crippen molar-refractivity contribution in [1.29, 1.82) is 5.26 Å². The Balaban J connectivity index is 2.05. The van der Waals surface area contributed by atoms with E-state index in [-0.39, 0.29) is 12.3 Å². The van der Waals surface area contributed by atoms with Gasteiger partial charge in [0, 0.05) is 16.7 Å². The van der Waals surface area contributed by atoms with E-state index < -0.39 is 5.54 Å². The quantitative estimate of drug-likeness (QED) is 0.941. The Kier molecular flexibility index (Phi) is 4.29. The zero-order valence-electron chi connectivity index (χ0n) is 11.7. The molecular formula is C15H14ClN3O2. The Bertz CT molecular complexity index is 684. The minimum Gasteiger partial charge on any atom is -0.356 e. The molecule has 1 heterocycles. The molecule has 1 amide bonds. The fraction of sp³-hybridized carbons (Fsp3) is 0.267. The van der Waals surface area contributed by atoms with E-state index >= 15 is 0 Å². The molecule has 0 radical (unpaired) electrons. The van der Waals surface area contributed by atoms with E-state index in [2.05, 4.69) is 10.5 Å². The molecule has 0 aliphatic rings. The molecule has 0 atom stereocenters. The van der Waals surface area contributed by atoms with Gasteiger partial charge in [-0.1, -0.05) is 16.8 Å². The fourth-order valence-electron chi connectivity index (χ4n) is 1.73. The lowest BCUT2D eigenvalue weighted by Gasteiger charge is -2.16. The fourth-order valence-corrected chi connectivity index (χ4v) is 1.86. The third-order valence-electron chi connectivity index (χ3n) is 2.76. The Labute approximate surface area is 127 Å². The van der Waals surface area contributed by atoms with Crippen LogP contribution in [0.3, 0.4) is 0 Å². The van der Waals surface area contributed by atoms with Crippen molar-refractivity contribution in [2.24, 2.45) is 0 Å². The number of nitriles is 1. The molecule has 2 aromatic rings. The van der Waals surface area contributed by atoms with Gasteiger partial charge in [-0.3, -0.25) is 4.79 Å². The number of nitrogens with zero attached hydrogens (tertiary/aromatic N) is 2. The predicted octanol–water partition coefficient (Wildman–Crippen LogP) is 2.96. The number of carbonyl (C=O) groups is 1. The van der Waals surface area contributed by atoms with Crippen molar-refractivity contribution >= 4 is 17.5 Å². The van der Waals surface area contributed by atoms with Crippen LogP contribution >= 0.6 is 11.6 Å². The maximum absolute atomic E-state index is 11.8. The Hall–Kier alpha value is -2.32. The number of carbonyl (C=O) groups excluding carboxylic acids is 1. The molecule has 1 aromatic heterocycles. The summed E-state index contributed by atoms with van der Waals surface area (Å²) in [6.07, 6.45) is 0.0577. The lowest BCUT2D eigenvalue weighted by Crippen LogP contribution is -2.42. The van der Waals surface area contributed by atoms with Gasteiger partial charge >= 0.3 is 0 Å². The molecule has 0 unspecified atom stereocenters. The van der Waals surface area contributed by atoms with Crippen molar-refractivity contribution in [3.05, 3.63) is 41.0 Å². The molecule has 1 aromatic carbocycles. The van der Waals surface area contributed by atoms with Crippen LogP contribution in [0.5, 0.6) is 0 Å². The summed E-state index contributed by atoms with van der Waals surface area (Å²) in [5.74, 6) is 0.284. The molecule has 0 saturated carbocycles. The summed E-state index contributed by atoms with van der Waals surface area (Å²) in [5, 5.41) is 16.0. The first kappa shape index (κ1) is 15.1. The molecule has 0 aliphatic heterocycles. The van der Waals surface area contributed by atoms with Crippen LogP contribution in [0.25, 0.3) is 11.3 Å². The van der Waals surface area contributed by atoms with E-state index in [1.807, 2.05) is 18.2 Å². The van der Waals surface area contributed by atoms with Crippen LogP contribution in [0.2, 0.25) is 5.02 Å². The summed E-state index contributed by atoms with van der Waals surface area (Å²) >= 11 is 5.82. The van der Waals surface area contributed by atoms with Gasteiger partial charge in [-0.2, -0.15) is 5.26 Å². The van der Waals surface area contributed by atoms with Gasteiger partial charge < -0.3 is 9.84 Å². The molecule has 5 nitrogen and oxygen atoms in total. The van der Waals surface area contributed by atoms with Gasteiger partial charge in [0.2, 0.25) is 5.91 Å². The van der Waals surface area contributed by atoms with E-state index in [0.29, 0.717) is 16.5 Å². The topological polar surface area (TPSA) is 78.9 Å². The van der Waals surface area contributed by atoms with Crippen molar-refractivity contribution in [3.63, 3.8) is 0 Å². The summed E-state index contributed by atoms with van der Waals surface area (Å²) in [7, 11) is 0. The highest BCUT2D eigenvalue weighted by Crippen LogP contribution is 2.22. The first-order valence-electron chi connectivity index (χ1n) is 6.33. The summed E-state index contributed by atoms with van der Waals surface area (Å²) in [5.41, 5.74) is 0.432. The maximum Gasteiger partial charge on any atom is 0.227 e. The number of amides is 1. The van der Waals surface area contributed by atoms with Crippen LogP contribution in [-0.2, 0) is 11.2 Å². The highest BCUT2D eigenvalue weighted by molar-refractivity contribution is 6.30. The Morgan fingerprint density at radius 2 is 2.10 bits per heavy atom. The van der Waals surface area contributed by atoms with Gasteiger partial charge in [-0.25, -0.2) is 0 Å². The van der Waals surface area contributed by atoms with Crippen molar-refractivity contribution in [2.45, 2.75) is 25.8 Å². The molecule has 1 N–H and O–H groups in total. The summed E-state index contributed by atoms with van der Waals surface area (Å²) in [6, 6.07) is 10.8. The van der Waals surface area contributed by atoms with E-state index in [1.54, 1.807) is 32.0 Å². The number of rotatable bonds is 4. The zero-order valence-corrected chi connectivity index (χ0v) is 12.4. The SMILES string of the molecule is CC(C)(C#N)NC(=O)Cc1cc(-c2ccc(Cl)cc2)on1. The molecular weight excluding hydrogens is 290 g/mol. The van der Waals surface area contributed by atoms with E-state index in [1.165, 1.54) is 0 Å². The molecule has 21 heavy (non-hydrogen) atoms. The van der Waals surface area contributed by atoms with Crippen LogP contribution in [0, 0.1) is 11.3 Å². The maximum atomic E-state index is 11.8. The molecule has 0 saturated heterocycles. The highest BCUT2D eigenvalue weighted by atomic mass is 35.5. The average molecular weight is 304 g/mol. The Morgan fingerprint density at radius 3 is 2.71 bits per heavy atom. The third kappa shape index (κ3) is 4.07. The highest BCUT2D eigenvalue weighted by Gasteiger charge is 2.20. The molecule has 0 aliphatic carbocycles. The molecule has 108 valence electrons. The van der Waals surface area contributed by atoms with Gasteiger partial charge in [0.25, 0.3) is 0 Å². The average Bonchev–Trinajstić information content (AvgIpc) is 2.87. The van der Waals surface area contributed by atoms with E-state index in [9.17, 15) is 4.79 Å². The minimum atomic E-state index is -0.903. The third-order valence-corrected chi connectivity index (χ3v) is 3.01. The van der Waals surface area contributed by atoms with Gasteiger partial charge in [0.05, 0.1) is 18.2 Å². The number of halogens is 1. The van der Waals surface area contributed by atoms with Crippen LogP contribution < -0.4 is 5.32 Å². The standard InChI is InChI=1S/C15H14ClN3O2/c1-15(2,9-17)18-14(20)8-12-7-13(21-19-12)10-3-5-11(16)6-4-10/h3-7H,8H2,1-2H3,(H,18,20). The van der Waals surface area contributed by atoms with E-state index in [0.717, 1.165) is 5.56 Å².